The van der Waals surface area contributed by atoms with Crippen molar-refractivity contribution in [2.24, 2.45) is 0 Å². The number of benzene rings is 1. The van der Waals surface area contributed by atoms with Crippen molar-refractivity contribution >= 4 is 23.2 Å². The molecule has 0 aliphatic carbocycles. The summed E-state index contributed by atoms with van der Waals surface area (Å²) in [5.74, 6) is 0.151. The zero-order chi connectivity index (χ0) is 16.2. The van der Waals surface area contributed by atoms with Crippen LogP contribution in [0.2, 0.25) is 5.02 Å². The molecule has 0 bridgehead atoms. The zero-order valence-corrected chi connectivity index (χ0v) is 14.5. The SMILES string of the molecule is CCC(C)(C)NC(=O)C[NH+]1CCN(c2cccc(Cl)c2)CC1. The zero-order valence-electron chi connectivity index (χ0n) is 13.8. The van der Waals surface area contributed by atoms with Crippen molar-refractivity contribution in [1.29, 1.82) is 0 Å². The van der Waals surface area contributed by atoms with Gasteiger partial charge in [0, 0.05) is 16.2 Å². The van der Waals surface area contributed by atoms with E-state index in [-0.39, 0.29) is 11.4 Å². The number of anilines is 1. The molecule has 0 unspecified atom stereocenters. The van der Waals surface area contributed by atoms with Crippen molar-refractivity contribution in [1.82, 2.24) is 5.32 Å². The van der Waals surface area contributed by atoms with Crippen molar-refractivity contribution in [2.75, 3.05) is 37.6 Å². The topological polar surface area (TPSA) is 36.8 Å². The summed E-state index contributed by atoms with van der Waals surface area (Å²) in [5, 5.41) is 3.88. The number of nitrogens with one attached hydrogen (secondary N) is 2. The molecule has 122 valence electrons. The van der Waals surface area contributed by atoms with Crippen LogP contribution in [-0.2, 0) is 4.79 Å². The number of quaternary nitrogens is 1. The first-order valence-corrected chi connectivity index (χ1v) is 8.42. The van der Waals surface area contributed by atoms with Gasteiger partial charge in [0.2, 0.25) is 0 Å². The first-order valence-electron chi connectivity index (χ1n) is 8.05. The molecule has 0 radical (unpaired) electrons. The molecule has 0 spiro atoms. The molecule has 1 aliphatic rings. The van der Waals surface area contributed by atoms with Crippen LogP contribution in [0.3, 0.4) is 0 Å². The Labute approximate surface area is 138 Å². The fraction of sp³-hybridized carbons (Fsp3) is 0.588. The number of halogens is 1. The Balaban J connectivity index is 1.81. The van der Waals surface area contributed by atoms with Gasteiger partial charge in [0.25, 0.3) is 5.91 Å². The van der Waals surface area contributed by atoms with Crippen LogP contribution in [0.25, 0.3) is 0 Å². The minimum atomic E-state index is -0.112. The Morgan fingerprint density at radius 1 is 1.36 bits per heavy atom. The van der Waals surface area contributed by atoms with E-state index in [9.17, 15) is 4.79 Å². The molecular formula is C17H27ClN3O+. The maximum Gasteiger partial charge on any atom is 0.275 e. The monoisotopic (exact) mass is 324 g/mol. The summed E-state index contributed by atoms with van der Waals surface area (Å²) in [6.45, 7) is 10.7. The van der Waals surface area contributed by atoms with Crippen LogP contribution in [0.15, 0.2) is 24.3 Å². The molecule has 1 saturated heterocycles. The van der Waals surface area contributed by atoms with Gasteiger partial charge in [0.1, 0.15) is 0 Å². The van der Waals surface area contributed by atoms with Gasteiger partial charge in [-0.25, -0.2) is 0 Å². The summed E-state index contributed by atoms with van der Waals surface area (Å²) in [5.41, 5.74) is 1.06. The van der Waals surface area contributed by atoms with Crippen LogP contribution in [0, 0.1) is 0 Å². The van der Waals surface area contributed by atoms with Gasteiger partial charge in [-0.2, -0.15) is 0 Å². The van der Waals surface area contributed by atoms with Gasteiger partial charge >= 0.3 is 0 Å². The van der Waals surface area contributed by atoms with E-state index in [1.807, 2.05) is 18.2 Å². The summed E-state index contributed by atoms with van der Waals surface area (Å²) >= 11 is 6.05. The Bertz CT molecular complexity index is 510. The molecule has 5 heteroatoms. The van der Waals surface area contributed by atoms with E-state index >= 15 is 0 Å². The first-order chi connectivity index (χ1) is 10.4. The van der Waals surface area contributed by atoms with Gasteiger partial charge in [0.05, 0.1) is 26.2 Å². The highest BCUT2D eigenvalue weighted by Gasteiger charge is 2.25. The first kappa shape index (κ1) is 17.1. The number of rotatable bonds is 5. The van der Waals surface area contributed by atoms with E-state index in [0.29, 0.717) is 6.54 Å². The summed E-state index contributed by atoms with van der Waals surface area (Å²) in [6.07, 6.45) is 0.941. The number of amides is 1. The molecule has 1 fully saturated rings. The van der Waals surface area contributed by atoms with Crippen molar-refractivity contribution in [2.45, 2.75) is 32.7 Å². The summed E-state index contributed by atoms with van der Waals surface area (Å²) in [6, 6.07) is 7.97. The van der Waals surface area contributed by atoms with Crippen molar-refractivity contribution < 1.29 is 9.69 Å². The van der Waals surface area contributed by atoms with E-state index in [2.05, 4.69) is 37.1 Å². The number of piperazine rings is 1. The van der Waals surface area contributed by atoms with Crippen molar-refractivity contribution in [3.63, 3.8) is 0 Å². The summed E-state index contributed by atoms with van der Waals surface area (Å²) < 4.78 is 0. The third kappa shape index (κ3) is 4.89. The average Bonchev–Trinajstić information content (AvgIpc) is 2.47. The fourth-order valence-electron chi connectivity index (χ4n) is 2.67. The molecule has 22 heavy (non-hydrogen) atoms. The van der Waals surface area contributed by atoms with Crippen LogP contribution in [0.1, 0.15) is 27.2 Å². The van der Waals surface area contributed by atoms with Gasteiger partial charge in [0.15, 0.2) is 6.54 Å². The minimum absolute atomic E-state index is 0.112. The molecule has 2 rings (SSSR count). The quantitative estimate of drug-likeness (QED) is 0.858. The number of carbonyl (C=O) groups is 1. The Morgan fingerprint density at radius 2 is 2.05 bits per heavy atom. The van der Waals surface area contributed by atoms with Crippen LogP contribution >= 0.6 is 11.6 Å². The van der Waals surface area contributed by atoms with E-state index in [0.717, 1.165) is 37.6 Å². The average molecular weight is 325 g/mol. The predicted octanol–water partition coefficient (Wildman–Crippen LogP) is 1.35. The van der Waals surface area contributed by atoms with E-state index in [1.165, 1.54) is 10.6 Å². The van der Waals surface area contributed by atoms with Gasteiger partial charge in [-0.05, 0) is 38.5 Å². The van der Waals surface area contributed by atoms with Crippen molar-refractivity contribution in [3.8, 4) is 0 Å². The Kier molecular flexibility index (Phi) is 5.70. The normalized spacial score (nSPS) is 16.6. The van der Waals surface area contributed by atoms with Crippen LogP contribution in [0.4, 0.5) is 5.69 Å². The molecule has 0 saturated carbocycles. The molecule has 2 N–H and O–H groups in total. The lowest BCUT2D eigenvalue weighted by molar-refractivity contribution is -0.892. The van der Waals surface area contributed by atoms with E-state index < -0.39 is 0 Å². The second-order valence-electron chi connectivity index (χ2n) is 6.68. The Hall–Kier alpha value is -1.26. The smallest absolute Gasteiger partial charge is 0.275 e. The lowest BCUT2D eigenvalue weighted by Gasteiger charge is -2.34. The second kappa shape index (κ2) is 7.34. The highest BCUT2D eigenvalue weighted by molar-refractivity contribution is 6.30. The van der Waals surface area contributed by atoms with Gasteiger partial charge in [-0.15, -0.1) is 0 Å². The summed E-state index contributed by atoms with van der Waals surface area (Å²) in [7, 11) is 0. The van der Waals surface area contributed by atoms with E-state index in [4.69, 9.17) is 11.6 Å². The Morgan fingerprint density at radius 3 is 2.64 bits per heavy atom. The molecule has 1 aliphatic heterocycles. The molecule has 0 atom stereocenters. The van der Waals surface area contributed by atoms with Gasteiger partial charge < -0.3 is 15.1 Å². The number of hydrogen-bond acceptors (Lipinski definition) is 2. The summed E-state index contributed by atoms with van der Waals surface area (Å²) in [4.78, 5) is 15.8. The van der Waals surface area contributed by atoms with Gasteiger partial charge in [-0.3, -0.25) is 4.79 Å². The molecule has 1 amide bonds. The highest BCUT2D eigenvalue weighted by Crippen LogP contribution is 2.19. The van der Waals surface area contributed by atoms with E-state index in [1.54, 1.807) is 0 Å². The lowest BCUT2D eigenvalue weighted by Crippen LogP contribution is -3.16. The van der Waals surface area contributed by atoms with Gasteiger partial charge in [-0.1, -0.05) is 24.6 Å². The highest BCUT2D eigenvalue weighted by atomic mass is 35.5. The molecule has 1 heterocycles. The van der Waals surface area contributed by atoms with Crippen molar-refractivity contribution in [3.05, 3.63) is 29.3 Å². The fourth-order valence-corrected chi connectivity index (χ4v) is 2.85. The lowest BCUT2D eigenvalue weighted by atomic mass is 10.0. The molecule has 1 aromatic rings. The number of hydrogen-bond donors (Lipinski definition) is 2. The maximum absolute atomic E-state index is 12.1. The third-order valence-electron chi connectivity index (χ3n) is 4.42. The molecule has 1 aromatic carbocycles. The van der Waals surface area contributed by atoms with Crippen LogP contribution in [-0.4, -0.2) is 44.2 Å². The predicted molar refractivity (Wildman–Crippen MR) is 91.7 cm³/mol. The molecule has 4 nitrogen and oxygen atoms in total. The molecule has 0 aromatic heterocycles. The number of nitrogens with zero attached hydrogens (tertiary/aromatic N) is 1. The molecular weight excluding hydrogens is 298 g/mol. The maximum atomic E-state index is 12.1. The largest absolute Gasteiger partial charge is 0.360 e. The minimum Gasteiger partial charge on any atom is -0.360 e. The standard InChI is InChI=1S/C17H26ClN3O/c1-4-17(2,3)19-16(22)13-20-8-10-21(11-9-20)15-7-5-6-14(18)12-15/h5-7,12H,4,8-11,13H2,1-3H3,(H,19,22)/p+1. The van der Waals surface area contributed by atoms with Crippen LogP contribution in [0.5, 0.6) is 0 Å². The van der Waals surface area contributed by atoms with Crippen LogP contribution < -0.4 is 15.1 Å². The second-order valence-corrected chi connectivity index (χ2v) is 7.12. The third-order valence-corrected chi connectivity index (χ3v) is 4.65. The number of carbonyl (C=O) groups excluding carboxylic acids is 1.